The van der Waals surface area contributed by atoms with Gasteiger partial charge in [0.15, 0.2) is 11.6 Å². The zero-order chi connectivity index (χ0) is 12.7. The van der Waals surface area contributed by atoms with Crippen LogP contribution in [0.2, 0.25) is 0 Å². The number of carbonyl (C=O) groups excluding carboxylic acids is 1. The molecule has 94 valence electrons. The third-order valence-corrected chi connectivity index (χ3v) is 2.37. The summed E-state index contributed by atoms with van der Waals surface area (Å²) in [4.78, 5) is 10.5. The molecule has 4 nitrogen and oxygen atoms in total. The molecular formula is C12H17FN2O2. The zero-order valence-corrected chi connectivity index (χ0v) is 9.58. The predicted octanol–water partition coefficient (Wildman–Crippen LogP) is 1.28. The van der Waals surface area contributed by atoms with Crippen molar-refractivity contribution in [3.8, 4) is 5.75 Å². The smallest absolute Gasteiger partial charge is 0.217 e. The zero-order valence-electron chi connectivity index (χ0n) is 9.58. The molecule has 0 saturated carbocycles. The number of nitrogens with one attached hydrogen (secondary N) is 1. The Labute approximate surface area is 99.6 Å². The number of phenols is 1. The van der Waals surface area contributed by atoms with Gasteiger partial charge in [-0.1, -0.05) is 6.07 Å². The highest BCUT2D eigenvalue weighted by molar-refractivity contribution is 5.73. The Morgan fingerprint density at radius 1 is 1.41 bits per heavy atom. The molecule has 0 bridgehead atoms. The summed E-state index contributed by atoms with van der Waals surface area (Å²) < 4.78 is 13.0. The van der Waals surface area contributed by atoms with Gasteiger partial charge < -0.3 is 16.2 Å². The fourth-order valence-corrected chi connectivity index (χ4v) is 1.44. The van der Waals surface area contributed by atoms with Crippen molar-refractivity contribution in [3.05, 3.63) is 29.6 Å². The Bertz CT molecular complexity index is 383. The Balaban J connectivity index is 2.18. The Hall–Kier alpha value is -1.62. The van der Waals surface area contributed by atoms with E-state index in [9.17, 15) is 9.18 Å². The highest BCUT2D eigenvalue weighted by Gasteiger charge is 2.01. The molecule has 0 heterocycles. The maximum atomic E-state index is 13.0. The molecule has 4 N–H and O–H groups in total. The third-order valence-electron chi connectivity index (χ3n) is 2.37. The molecule has 1 amide bonds. The van der Waals surface area contributed by atoms with Crippen LogP contribution in [-0.4, -0.2) is 17.6 Å². The second-order valence-electron chi connectivity index (χ2n) is 3.89. The summed E-state index contributed by atoms with van der Waals surface area (Å²) in [5.74, 6) is -1.24. The average molecular weight is 240 g/mol. The summed E-state index contributed by atoms with van der Waals surface area (Å²) >= 11 is 0. The molecule has 0 aliphatic rings. The number of hydrogen-bond donors (Lipinski definition) is 3. The van der Waals surface area contributed by atoms with Crippen LogP contribution in [0.1, 0.15) is 24.8 Å². The molecule has 0 saturated heterocycles. The number of amides is 1. The number of primary amides is 1. The number of hydrogen-bond acceptors (Lipinski definition) is 3. The van der Waals surface area contributed by atoms with Gasteiger partial charge in [-0.3, -0.25) is 4.79 Å². The first-order valence-corrected chi connectivity index (χ1v) is 5.56. The SMILES string of the molecule is NC(=O)CCCCNCc1ccc(O)c(F)c1. The van der Waals surface area contributed by atoms with Crippen molar-refractivity contribution in [3.63, 3.8) is 0 Å². The lowest BCUT2D eigenvalue weighted by atomic mass is 10.2. The minimum absolute atomic E-state index is 0.286. The molecule has 5 heteroatoms. The Morgan fingerprint density at radius 3 is 2.82 bits per heavy atom. The molecule has 0 spiro atoms. The van der Waals surface area contributed by atoms with E-state index in [1.54, 1.807) is 6.07 Å². The van der Waals surface area contributed by atoms with E-state index in [4.69, 9.17) is 10.8 Å². The maximum absolute atomic E-state index is 13.0. The third kappa shape index (κ3) is 5.31. The van der Waals surface area contributed by atoms with E-state index in [0.717, 1.165) is 24.9 Å². The summed E-state index contributed by atoms with van der Waals surface area (Å²) in [6, 6.07) is 4.29. The van der Waals surface area contributed by atoms with E-state index in [1.165, 1.54) is 12.1 Å². The van der Waals surface area contributed by atoms with Crippen molar-refractivity contribution in [2.75, 3.05) is 6.54 Å². The van der Waals surface area contributed by atoms with Crippen molar-refractivity contribution in [2.24, 2.45) is 5.73 Å². The number of nitrogens with two attached hydrogens (primary N) is 1. The number of phenolic OH excluding ortho intramolecular Hbond substituents is 1. The first-order valence-electron chi connectivity index (χ1n) is 5.56. The van der Waals surface area contributed by atoms with Gasteiger partial charge in [0, 0.05) is 13.0 Å². The molecule has 17 heavy (non-hydrogen) atoms. The Kier molecular flexibility index (Phi) is 5.42. The minimum Gasteiger partial charge on any atom is -0.505 e. The van der Waals surface area contributed by atoms with E-state index in [-0.39, 0.29) is 11.7 Å². The van der Waals surface area contributed by atoms with E-state index in [2.05, 4.69) is 5.32 Å². The molecule has 0 aliphatic heterocycles. The highest BCUT2D eigenvalue weighted by atomic mass is 19.1. The molecular weight excluding hydrogens is 223 g/mol. The second kappa shape index (κ2) is 6.85. The minimum atomic E-state index is -0.613. The molecule has 0 aliphatic carbocycles. The molecule has 0 atom stereocenters. The molecule has 0 aromatic heterocycles. The summed E-state index contributed by atoms with van der Waals surface area (Å²) in [7, 11) is 0. The van der Waals surface area contributed by atoms with Gasteiger partial charge in [-0.05, 0) is 37.1 Å². The van der Waals surface area contributed by atoms with Crippen LogP contribution in [0, 0.1) is 5.82 Å². The number of aromatic hydroxyl groups is 1. The lowest BCUT2D eigenvalue weighted by molar-refractivity contribution is -0.118. The summed E-state index contributed by atoms with van der Waals surface area (Å²) in [5.41, 5.74) is 5.78. The largest absolute Gasteiger partial charge is 0.505 e. The van der Waals surface area contributed by atoms with Crippen LogP contribution >= 0.6 is 0 Å². The number of carbonyl (C=O) groups is 1. The topological polar surface area (TPSA) is 75.4 Å². The second-order valence-corrected chi connectivity index (χ2v) is 3.89. The Morgan fingerprint density at radius 2 is 2.18 bits per heavy atom. The van der Waals surface area contributed by atoms with Crippen LogP contribution in [0.3, 0.4) is 0 Å². The van der Waals surface area contributed by atoms with Crippen LogP contribution in [0.25, 0.3) is 0 Å². The number of benzene rings is 1. The number of halogens is 1. The average Bonchev–Trinajstić information content (AvgIpc) is 2.27. The van der Waals surface area contributed by atoms with Gasteiger partial charge in [0.2, 0.25) is 5.91 Å². The molecule has 0 fully saturated rings. The van der Waals surface area contributed by atoms with Crippen molar-refractivity contribution >= 4 is 5.91 Å². The van der Waals surface area contributed by atoms with E-state index >= 15 is 0 Å². The number of unbranched alkanes of at least 4 members (excludes halogenated alkanes) is 1. The van der Waals surface area contributed by atoms with Crippen LogP contribution in [0.5, 0.6) is 5.75 Å². The summed E-state index contributed by atoms with van der Waals surface area (Å²) in [6.07, 6.45) is 2.01. The van der Waals surface area contributed by atoms with Crippen molar-refractivity contribution in [1.82, 2.24) is 5.32 Å². The van der Waals surface area contributed by atoms with Crippen LogP contribution in [-0.2, 0) is 11.3 Å². The van der Waals surface area contributed by atoms with Gasteiger partial charge in [-0.25, -0.2) is 4.39 Å². The van der Waals surface area contributed by atoms with Crippen LogP contribution in [0.15, 0.2) is 18.2 Å². The standard InChI is InChI=1S/C12H17FN2O2/c13-10-7-9(4-5-11(10)16)8-15-6-2-1-3-12(14)17/h4-5,7,15-16H,1-3,6,8H2,(H2,14,17). The van der Waals surface area contributed by atoms with E-state index < -0.39 is 5.82 Å². The molecule has 0 unspecified atom stereocenters. The lowest BCUT2D eigenvalue weighted by Gasteiger charge is -2.05. The van der Waals surface area contributed by atoms with Gasteiger partial charge in [-0.15, -0.1) is 0 Å². The fraction of sp³-hybridized carbons (Fsp3) is 0.417. The van der Waals surface area contributed by atoms with Gasteiger partial charge >= 0.3 is 0 Å². The predicted molar refractivity (Wildman–Crippen MR) is 62.8 cm³/mol. The van der Waals surface area contributed by atoms with Crippen molar-refractivity contribution in [1.29, 1.82) is 0 Å². The fourth-order valence-electron chi connectivity index (χ4n) is 1.44. The normalized spacial score (nSPS) is 10.4. The monoisotopic (exact) mass is 240 g/mol. The van der Waals surface area contributed by atoms with Crippen molar-refractivity contribution < 1.29 is 14.3 Å². The first-order chi connectivity index (χ1) is 8.09. The first kappa shape index (κ1) is 13.4. The summed E-state index contributed by atoms with van der Waals surface area (Å²) in [5, 5.41) is 12.1. The van der Waals surface area contributed by atoms with Crippen LogP contribution < -0.4 is 11.1 Å². The molecule has 1 aromatic rings. The summed E-state index contributed by atoms with van der Waals surface area (Å²) in [6.45, 7) is 1.28. The number of rotatable bonds is 7. The van der Waals surface area contributed by atoms with Gasteiger partial charge in [0.1, 0.15) is 0 Å². The van der Waals surface area contributed by atoms with Gasteiger partial charge in [-0.2, -0.15) is 0 Å². The van der Waals surface area contributed by atoms with E-state index in [1.807, 2.05) is 0 Å². The maximum Gasteiger partial charge on any atom is 0.217 e. The lowest BCUT2D eigenvalue weighted by Crippen LogP contribution is -2.16. The van der Waals surface area contributed by atoms with Crippen molar-refractivity contribution in [2.45, 2.75) is 25.8 Å². The molecule has 1 aromatic carbocycles. The van der Waals surface area contributed by atoms with E-state index in [0.29, 0.717) is 13.0 Å². The quantitative estimate of drug-likeness (QED) is 0.628. The van der Waals surface area contributed by atoms with Gasteiger partial charge in [0.05, 0.1) is 0 Å². The van der Waals surface area contributed by atoms with Crippen LogP contribution in [0.4, 0.5) is 4.39 Å². The van der Waals surface area contributed by atoms with Gasteiger partial charge in [0.25, 0.3) is 0 Å². The molecule has 1 rings (SSSR count). The molecule has 0 radical (unpaired) electrons. The highest BCUT2D eigenvalue weighted by Crippen LogP contribution is 2.15.